The molecular weight excluding hydrogens is 314 g/mol. The summed E-state index contributed by atoms with van der Waals surface area (Å²) >= 11 is 0. The summed E-state index contributed by atoms with van der Waals surface area (Å²) < 4.78 is 28.4. The Bertz CT molecular complexity index is 705. The molecular formula is C17H20F2N4O. The largest absolute Gasteiger partial charge is 0.351 e. The number of rotatable bonds is 5. The Morgan fingerprint density at radius 1 is 1.38 bits per heavy atom. The van der Waals surface area contributed by atoms with Crippen LogP contribution in [0.25, 0.3) is 0 Å². The second-order valence-corrected chi connectivity index (χ2v) is 6.08. The second-order valence-electron chi connectivity index (χ2n) is 6.08. The molecule has 3 rings (SSSR count). The first-order valence-corrected chi connectivity index (χ1v) is 7.96. The number of likely N-dealkylation sites (N-methyl/N-ethyl adjacent to an activating group) is 1. The third-order valence-corrected chi connectivity index (χ3v) is 4.41. The molecule has 7 heteroatoms. The lowest BCUT2D eigenvalue weighted by Gasteiger charge is -2.26. The van der Waals surface area contributed by atoms with Gasteiger partial charge in [0.05, 0.1) is 6.04 Å². The van der Waals surface area contributed by atoms with Gasteiger partial charge in [-0.05, 0) is 37.2 Å². The van der Waals surface area contributed by atoms with Gasteiger partial charge in [0.25, 0.3) is 0 Å². The summed E-state index contributed by atoms with van der Waals surface area (Å²) in [6.07, 6.45) is 4.57. The van der Waals surface area contributed by atoms with Crippen molar-refractivity contribution in [3.8, 4) is 0 Å². The quantitative estimate of drug-likeness (QED) is 0.911. The van der Waals surface area contributed by atoms with E-state index in [-0.39, 0.29) is 18.0 Å². The number of nitrogens with one attached hydrogen (secondary N) is 1. The minimum Gasteiger partial charge on any atom is -0.351 e. The number of aromatic nitrogens is 2. The summed E-state index contributed by atoms with van der Waals surface area (Å²) in [5.74, 6) is -1.80. The fourth-order valence-corrected chi connectivity index (χ4v) is 3.21. The normalized spacial score (nSPS) is 21.1. The number of likely N-dealkylation sites (tertiary alicyclic amines) is 1. The molecule has 0 bridgehead atoms. The first-order chi connectivity index (χ1) is 11.5. The van der Waals surface area contributed by atoms with E-state index >= 15 is 0 Å². The molecule has 1 N–H and O–H groups in total. The Balaban J connectivity index is 1.65. The van der Waals surface area contributed by atoms with Gasteiger partial charge in [-0.2, -0.15) is 5.10 Å². The Hall–Kier alpha value is -2.28. The maximum Gasteiger partial charge on any atom is 0.222 e. The van der Waals surface area contributed by atoms with Gasteiger partial charge >= 0.3 is 0 Å². The minimum atomic E-state index is -0.864. The summed E-state index contributed by atoms with van der Waals surface area (Å²) in [5.41, 5.74) is 0.672. The number of hydrogen-bond donors (Lipinski definition) is 1. The lowest BCUT2D eigenvalue weighted by Crippen LogP contribution is -2.39. The van der Waals surface area contributed by atoms with Crippen LogP contribution in [-0.4, -0.2) is 40.2 Å². The molecule has 1 aliphatic rings. The number of aryl methyl sites for hydroxylation is 1. The van der Waals surface area contributed by atoms with Crippen LogP contribution in [0.1, 0.15) is 24.4 Å². The lowest BCUT2D eigenvalue weighted by atomic mass is 9.99. The molecule has 2 aromatic rings. The third-order valence-electron chi connectivity index (χ3n) is 4.41. The van der Waals surface area contributed by atoms with Gasteiger partial charge in [0, 0.05) is 37.9 Å². The van der Waals surface area contributed by atoms with Gasteiger partial charge in [-0.25, -0.2) is 8.78 Å². The van der Waals surface area contributed by atoms with E-state index in [0.717, 1.165) is 19.0 Å². The summed E-state index contributed by atoms with van der Waals surface area (Å²) in [6, 6.07) is 5.45. The van der Waals surface area contributed by atoms with E-state index in [1.54, 1.807) is 23.1 Å². The van der Waals surface area contributed by atoms with Crippen molar-refractivity contribution in [3.63, 3.8) is 0 Å². The highest BCUT2D eigenvalue weighted by Crippen LogP contribution is 2.31. The van der Waals surface area contributed by atoms with Crippen LogP contribution < -0.4 is 5.32 Å². The van der Waals surface area contributed by atoms with Crippen LogP contribution in [-0.2, 0) is 11.3 Å². The molecule has 1 saturated heterocycles. The smallest absolute Gasteiger partial charge is 0.222 e. The average Bonchev–Trinajstić information content (AvgIpc) is 3.18. The molecule has 2 heterocycles. The first-order valence-electron chi connectivity index (χ1n) is 7.96. The van der Waals surface area contributed by atoms with Crippen LogP contribution in [0, 0.1) is 11.6 Å². The van der Waals surface area contributed by atoms with E-state index in [9.17, 15) is 13.6 Å². The number of nitrogens with zero attached hydrogens (tertiary/aromatic N) is 3. The van der Waals surface area contributed by atoms with Gasteiger partial charge < -0.3 is 5.32 Å². The van der Waals surface area contributed by atoms with Gasteiger partial charge in [0.15, 0.2) is 11.6 Å². The van der Waals surface area contributed by atoms with E-state index in [1.165, 1.54) is 6.07 Å². The average molecular weight is 334 g/mol. The molecule has 1 fully saturated rings. The van der Waals surface area contributed by atoms with Crippen molar-refractivity contribution in [1.82, 2.24) is 20.0 Å². The molecule has 128 valence electrons. The third kappa shape index (κ3) is 3.62. The number of carbonyl (C=O) groups is 1. The lowest BCUT2D eigenvalue weighted by molar-refractivity contribution is -0.122. The number of hydrogen-bond acceptors (Lipinski definition) is 3. The zero-order valence-corrected chi connectivity index (χ0v) is 13.5. The zero-order chi connectivity index (χ0) is 17.1. The molecule has 0 aliphatic carbocycles. The van der Waals surface area contributed by atoms with E-state index in [4.69, 9.17) is 0 Å². The number of carbonyl (C=O) groups excluding carboxylic acids is 1. The van der Waals surface area contributed by atoms with Crippen LogP contribution in [0.4, 0.5) is 8.78 Å². The SMILES string of the molecule is CN1CC[C@H](NC(=O)CCn2cccn2)[C@H]1c1ccc(F)c(F)c1. The summed E-state index contributed by atoms with van der Waals surface area (Å²) in [5, 5.41) is 7.08. The van der Waals surface area contributed by atoms with E-state index < -0.39 is 11.6 Å². The molecule has 0 saturated carbocycles. The summed E-state index contributed by atoms with van der Waals surface area (Å²) in [7, 11) is 1.92. The highest BCUT2D eigenvalue weighted by molar-refractivity contribution is 5.76. The van der Waals surface area contributed by atoms with Crippen molar-refractivity contribution in [2.75, 3.05) is 13.6 Å². The Morgan fingerprint density at radius 2 is 2.21 bits per heavy atom. The van der Waals surface area contributed by atoms with Crippen LogP contribution in [0.15, 0.2) is 36.7 Å². The standard InChI is InChI=1S/C17H20F2N4O/c1-22-9-5-15(17(22)12-3-4-13(18)14(19)11-12)21-16(24)6-10-23-8-2-7-20-23/h2-4,7-8,11,15,17H,5-6,9-10H2,1H3,(H,21,24)/t15-,17+/m0/s1. The van der Waals surface area contributed by atoms with Crippen molar-refractivity contribution in [3.05, 3.63) is 53.9 Å². The number of halogens is 2. The highest BCUT2D eigenvalue weighted by atomic mass is 19.2. The van der Waals surface area contributed by atoms with Gasteiger partial charge in [-0.15, -0.1) is 0 Å². The van der Waals surface area contributed by atoms with Crippen LogP contribution in [0.2, 0.25) is 0 Å². The summed E-state index contributed by atoms with van der Waals surface area (Å²) in [6.45, 7) is 1.30. The first kappa shape index (κ1) is 16.6. The fraction of sp³-hybridized carbons (Fsp3) is 0.412. The van der Waals surface area contributed by atoms with Gasteiger partial charge in [0.1, 0.15) is 0 Å². The van der Waals surface area contributed by atoms with E-state index in [0.29, 0.717) is 18.5 Å². The molecule has 0 radical (unpaired) electrons. The van der Waals surface area contributed by atoms with E-state index in [1.807, 2.05) is 18.0 Å². The Labute approximate surface area is 139 Å². The van der Waals surface area contributed by atoms with Gasteiger partial charge in [-0.3, -0.25) is 14.4 Å². The van der Waals surface area contributed by atoms with Gasteiger partial charge in [0.2, 0.25) is 5.91 Å². The van der Waals surface area contributed by atoms with Crippen molar-refractivity contribution in [1.29, 1.82) is 0 Å². The topological polar surface area (TPSA) is 50.2 Å². The molecule has 1 aromatic carbocycles. The number of benzene rings is 1. The fourth-order valence-electron chi connectivity index (χ4n) is 3.21. The van der Waals surface area contributed by atoms with Crippen LogP contribution in [0.3, 0.4) is 0 Å². The predicted octanol–water partition coefficient (Wildman–Crippen LogP) is 2.11. The molecule has 0 unspecified atom stereocenters. The van der Waals surface area contributed by atoms with Crippen LogP contribution >= 0.6 is 0 Å². The van der Waals surface area contributed by atoms with Crippen molar-refractivity contribution >= 4 is 5.91 Å². The Morgan fingerprint density at radius 3 is 2.92 bits per heavy atom. The monoisotopic (exact) mass is 334 g/mol. The highest BCUT2D eigenvalue weighted by Gasteiger charge is 2.34. The molecule has 0 spiro atoms. The van der Waals surface area contributed by atoms with Crippen LogP contribution in [0.5, 0.6) is 0 Å². The second kappa shape index (κ2) is 7.09. The maximum absolute atomic E-state index is 13.5. The van der Waals surface area contributed by atoms with Crippen molar-refractivity contribution in [2.24, 2.45) is 0 Å². The van der Waals surface area contributed by atoms with Gasteiger partial charge in [-0.1, -0.05) is 6.07 Å². The molecule has 1 aliphatic heterocycles. The van der Waals surface area contributed by atoms with Crippen molar-refractivity contribution < 1.29 is 13.6 Å². The minimum absolute atomic E-state index is 0.0709. The van der Waals surface area contributed by atoms with E-state index in [2.05, 4.69) is 10.4 Å². The molecule has 2 atom stereocenters. The van der Waals surface area contributed by atoms with Crippen molar-refractivity contribution in [2.45, 2.75) is 31.5 Å². The number of amides is 1. The molecule has 1 amide bonds. The summed E-state index contributed by atoms with van der Waals surface area (Å²) in [4.78, 5) is 14.2. The molecule has 1 aromatic heterocycles. The zero-order valence-electron chi connectivity index (χ0n) is 13.5. The predicted molar refractivity (Wildman–Crippen MR) is 85.1 cm³/mol. The Kier molecular flexibility index (Phi) is 4.89. The molecule has 24 heavy (non-hydrogen) atoms. The maximum atomic E-state index is 13.5. The molecule has 5 nitrogen and oxygen atoms in total.